The molecule has 1 aromatic heterocycles. The van der Waals surface area contributed by atoms with Crippen molar-refractivity contribution in [2.45, 2.75) is 30.5 Å². The molecule has 2 atom stereocenters. The third-order valence-corrected chi connectivity index (χ3v) is 5.36. The summed E-state index contributed by atoms with van der Waals surface area (Å²) in [6.45, 7) is 3.83. The summed E-state index contributed by atoms with van der Waals surface area (Å²) < 4.78 is 0. The van der Waals surface area contributed by atoms with Gasteiger partial charge in [0.1, 0.15) is 5.60 Å². The molecule has 1 aromatic carbocycles. The van der Waals surface area contributed by atoms with Crippen molar-refractivity contribution in [2.75, 3.05) is 6.54 Å². The molecule has 22 heavy (non-hydrogen) atoms. The van der Waals surface area contributed by atoms with Crippen molar-refractivity contribution in [3.05, 3.63) is 58.3 Å². The Morgan fingerprint density at radius 1 is 1.36 bits per heavy atom. The summed E-state index contributed by atoms with van der Waals surface area (Å²) in [6.07, 6.45) is 0. The van der Waals surface area contributed by atoms with Crippen LogP contribution >= 0.6 is 23.1 Å². The lowest BCUT2D eigenvalue weighted by molar-refractivity contribution is -0.121. The number of rotatable bonds is 7. The van der Waals surface area contributed by atoms with Gasteiger partial charge in [0.25, 0.3) is 0 Å². The molecule has 0 saturated heterocycles. The Morgan fingerprint density at radius 2 is 2.09 bits per heavy atom. The number of benzene rings is 1. The first-order valence-corrected chi connectivity index (χ1v) is 9.16. The van der Waals surface area contributed by atoms with Gasteiger partial charge in [-0.05, 0) is 41.8 Å². The van der Waals surface area contributed by atoms with E-state index >= 15 is 0 Å². The molecular formula is C17H21NO2S2. The van der Waals surface area contributed by atoms with Crippen LogP contribution in [0.25, 0.3) is 0 Å². The van der Waals surface area contributed by atoms with Crippen molar-refractivity contribution in [3.63, 3.8) is 0 Å². The second kappa shape index (κ2) is 7.81. The fraction of sp³-hybridized carbons (Fsp3) is 0.353. The van der Waals surface area contributed by atoms with Crippen molar-refractivity contribution in [3.8, 4) is 0 Å². The Hall–Kier alpha value is -1.30. The maximum atomic E-state index is 12.1. The first-order chi connectivity index (χ1) is 10.5. The minimum atomic E-state index is -1.03. The normalized spacial score (nSPS) is 15.0. The number of thioether (sulfide) groups is 1. The number of amides is 1. The van der Waals surface area contributed by atoms with Crippen molar-refractivity contribution >= 4 is 29.0 Å². The molecule has 2 N–H and O–H groups in total. The van der Waals surface area contributed by atoms with Gasteiger partial charge in [-0.3, -0.25) is 4.79 Å². The number of nitrogens with one attached hydrogen (secondary N) is 1. The third kappa shape index (κ3) is 4.87. The van der Waals surface area contributed by atoms with Gasteiger partial charge in [-0.2, -0.15) is 11.3 Å². The highest BCUT2D eigenvalue weighted by Gasteiger charge is 2.25. The average molecular weight is 335 g/mol. The van der Waals surface area contributed by atoms with Crippen molar-refractivity contribution in [1.29, 1.82) is 0 Å². The fourth-order valence-electron chi connectivity index (χ4n) is 1.95. The number of hydrogen-bond donors (Lipinski definition) is 2. The van der Waals surface area contributed by atoms with Crippen LogP contribution in [0.1, 0.15) is 25.0 Å². The molecule has 118 valence electrons. The minimum absolute atomic E-state index is 0.0450. The van der Waals surface area contributed by atoms with Crippen LogP contribution in [0.4, 0.5) is 0 Å². The van der Waals surface area contributed by atoms with Crippen LogP contribution in [0.2, 0.25) is 0 Å². The quantitative estimate of drug-likeness (QED) is 0.815. The van der Waals surface area contributed by atoms with Crippen LogP contribution in [-0.4, -0.2) is 22.8 Å². The van der Waals surface area contributed by atoms with Crippen molar-refractivity contribution in [2.24, 2.45) is 0 Å². The van der Waals surface area contributed by atoms with Gasteiger partial charge in [0, 0.05) is 5.75 Å². The first-order valence-electron chi connectivity index (χ1n) is 7.17. The first kappa shape index (κ1) is 17.1. The van der Waals surface area contributed by atoms with Crippen LogP contribution in [-0.2, 0) is 16.1 Å². The van der Waals surface area contributed by atoms with E-state index in [1.165, 1.54) is 16.9 Å². The molecule has 2 rings (SSSR count). The van der Waals surface area contributed by atoms with Crippen LogP contribution in [0.5, 0.6) is 0 Å². The van der Waals surface area contributed by atoms with Gasteiger partial charge >= 0.3 is 0 Å². The van der Waals surface area contributed by atoms with E-state index < -0.39 is 5.60 Å². The second-order valence-corrected chi connectivity index (χ2v) is 7.55. The topological polar surface area (TPSA) is 49.3 Å². The molecule has 2 unspecified atom stereocenters. The Morgan fingerprint density at radius 3 is 2.73 bits per heavy atom. The van der Waals surface area contributed by atoms with Crippen LogP contribution in [0.15, 0.2) is 47.2 Å². The SMILES string of the molecule is CC(SCc1ccccc1)C(=O)NCC(C)(O)c1ccsc1. The molecule has 0 fully saturated rings. The van der Waals surface area contributed by atoms with Crippen molar-refractivity contribution in [1.82, 2.24) is 5.32 Å². The summed E-state index contributed by atoms with van der Waals surface area (Å²) >= 11 is 3.13. The maximum absolute atomic E-state index is 12.1. The molecule has 5 heteroatoms. The molecule has 3 nitrogen and oxygen atoms in total. The van der Waals surface area contributed by atoms with Gasteiger partial charge < -0.3 is 10.4 Å². The lowest BCUT2D eigenvalue weighted by Crippen LogP contribution is -2.41. The van der Waals surface area contributed by atoms with E-state index in [0.717, 1.165) is 11.3 Å². The Kier molecular flexibility index (Phi) is 6.06. The predicted octanol–water partition coefficient (Wildman–Crippen LogP) is 3.39. The average Bonchev–Trinajstić information content (AvgIpc) is 3.06. The Bertz CT molecular complexity index is 582. The van der Waals surface area contributed by atoms with Gasteiger partial charge in [0.2, 0.25) is 5.91 Å². The van der Waals surface area contributed by atoms with E-state index in [1.54, 1.807) is 18.7 Å². The molecule has 0 spiro atoms. The molecule has 0 radical (unpaired) electrons. The Balaban J connectivity index is 1.79. The molecule has 2 aromatic rings. The van der Waals surface area contributed by atoms with Crippen LogP contribution in [0.3, 0.4) is 0 Å². The van der Waals surface area contributed by atoms with Gasteiger partial charge in [-0.25, -0.2) is 0 Å². The molecule has 0 saturated carbocycles. The smallest absolute Gasteiger partial charge is 0.232 e. The van der Waals surface area contributed by atoms with E-state index in [-0.39, 0.29) is 17.7 Å². The fourth-order valence-corrected chi connectivity index (χ4v) is 3.60. The summed E-state index contributed by atoms with van der Waals surface area (Å²) in [4.78, 5) is 12.1. The van der Waals surface area contributed by atoms with Crippen LogP contribution < -0.4 is 5.32 Å². The highest BCUT2D eigenvalue weighted by atomic mass is 32.2. The summed E-state index contributed by atoms with van der Waals surface area (Å²) in [5.41, 5.74) is 1.01. The van der Waals surface area contributed by atoms with E-state index in [1.807, 2.05) is 41.9 Å². The number of carbonyl (C=O) groups is 1. The van der Waals surface area contributed by atoms with E-state index in [4.69, 9.17) is 0 Å². The highest BCUT2D eigenvalue weighted by molar-refractivity contribution is 7.99. The third-order valence-electron chi connectivity index (χ3n) is 3.46. The van der Waals surface area contributed by atoms with E-state index in [0.29, 0.717) is 0 Å². The zero-order valence-electron chi connectivity index (χ0n) is 12.8. The zero-order valence-corrected chi connectivity index (χ0v) is 14.4. The van der Waals surface area contributed by atoms with Gasteiger partial charge in [-0.15, -0.1) is 11.8 Å². The lowest BCUT2D eigenvalue weighted by Gasteiger charge is -2.23. The summed E-state index contributed by atoms with van der Waals surface area (Å²) in [5, 5.41) is 16.9. The monoisotopic (exact) mass is 335 g/mol. The van der Waals surface area contributed by atoms with Crippen molar-refractivity contribution < 1.29 is 9.90 Å². The molecule has 0 bridgehead atoms. The van der Waals surface area contributed by atoms with E-state index in [9.17, 15) is 9.90 Å². The standard InChI is InChI=1S/C17H21NO2S2/c1-13(22-10-14-6-4-3-5-7-14)16(19)18-12-17(2,20)15-8-9-21-11-15/h3-9,11,13,20H,10,12H2,1-2H3,(H,18,19). The molecule has 0 aliphatic heterocycles. The Labute approximate surface area is 139 Å². The number of aliphatic hydroxyl groups is 1. The van der Waals surface area contributed by atoms with E-state index in [2.05, 4.69) is 17.4 Å². The van der Waals surface area contributed by atoms with Crippen LogP contribution in [0, 0.1) is 0 Å². The molecule has 0 aliphatic carbocycles. The molecule has 1 heterocycles. The summed E-state index contributed by atoms with van der Waals surface area (Å²) in [5.74, 6) is 0.757. The maximum Gasteiger partial charge on any atom is 0.232 e. The number of carbonyl (C=O) groups excluding carboxylic acids is 1. The number of thiophene rings is 1. The van der Waals surface area contributed by atoms with Gasteiger partial charge in [-0.1, -0.05) is 30.3 Å². The minimum Gasteiger partial charge on any atom is -0.384 e. The largest absolute Gasteiger partial charge is 0.384 e. The molecule has 0 aliphatic rings. The highest BCUT2D eigenvalue weighted by Crippen LogP contribution is 2.23. The molecule has 1 amide bonds. The van der Waals surface area contributed by atoms with Gasteiger partial charge in [0.05, 0.1) is 11.8 Å². The predicted molar refractivity (Wildman–Crippen MR) is 94.1 cm³/mol. The zero-order chi connectivity index (χ0) is 16.0. The van der Waals surface area contributed by atoms with Gasteiger partial charge in [0.15, 0.2) is 0 Å². The lowest BCUT2D eigenvalue weighted by atomic mass is 9.99. The number of hydrogen-bond acceptors (Lipinski definition) is 4. The molecular weight excluding hydrogens is 314 g/mol. The summed E-state index contributed by atoms with van der Waals surface area (Å²) in [6, 6.07) is 12.0. The second-order valence-electron chi connectivity index (χ2n) is 5.44. The summed E-state index contributed by atoms with van der Waals surface area (Å²) in [7, 11) is 0.